The Hall–Kier alpha value is -3.09. The van der Waals surface area contributed by atoms with E-state index in [4.69, 9.17) is 4.74 Å². The van der Waals surface area contributed by atoms with Crippen LogP contribution in [0.3, 0.4) is 0 Å². The number of nitrogens with one attached hydrogen (secondary N) is 1. The van der Waals surface area contributed by atoms with Gasteiger partial charge >= 0.3 is 6.03 Å². The van der Waals surface area contributed by atoms with Crippen molar-refractivity contribution in [3.8, 4) is 5.75 Å². The minimum atomic E-state index is -0.0674. The van der Waals surface area contributed by atoms with E-state index in [2.05, 4.69) is 19.9 Å². The maximum Gasteiger partial charge on any atom is 0.321 e. The van der Waals surface area contributed by atoms with Crippen molar-refractivity contribution in [3.63, 3.8) is 0 Å². The SMILES string of the molecule is COc1ccc(NC(=O)N2CCC(n3cnc4cccnc43)CC2)cc1. The molecule has 1 aliphatic rings. The van der Waals surface area contributed by atoms with Gasteiger partial charge in [-0.15, -0.1) is 0 Å². The van der Waals surface area contributed by atoms with Crippen LogP contribution in [0, 0.1) is 0 Å². The molecule has 1 aliphatic heterocycles. The smallest absolute Gasteiger partial charge is 0.321 e. The van der Waals surface area contributed by atoms with E-state index in [1.807, 2.05) is 47.6 Å². The molecule has 0 unspecified atom stereocenters. The fraction of sp³-hybridized carbons (Fsp3) is 0.316. The van der Waals surface area contributed by atoms with Crippen molar-refractivity contribution < 1.29 is 9.53 Å². The zero-order chi connectivity index (χ0) is 17.9. The van der Waals surface area contributed by atoms with Crippen LogP contribution in [-0.4, -0.2) is 45.7 Å². The van der Waals surface area contributed by atoms with E-state index in [9.17, 15) is 4.79 Å². The second kappa shape index (κ2) is 7.03. The van der Waals surface area contributed by atoms with E-state index in [0.717, 1.165) is 35.4 Å². The minimum Gasteiger partial charge on any atom is -0.497 e. The number of amides is 2. The summed E-state index contributed by atoms with van der Waals surface area (Å²) in [6.07, 6.45) is 5.42. The Bertz CT molecular complexity index is 898. The number of piperidine rings is 1. The fourth-order valence-electron chi connectivity index (χ4n) is 3.36. The number of anilines is 1. The lowest BCUT2D eigenvalue weighted by molar-refractivity contribution is 0.184. The number of ether oxygens (including phenoxy) is 1. The number of aromatic nitrogens is 3. The molecule has 2 aromatic heterocycles. The number of benzene rings is 1. The third-order valence-corrected chi connectivity index (χ3v) is 4.82. The molecule has 0 saturated carbocycles. The van der Waals surface area contributed by atoms with E-state index in [0.29, 0.717) is 19.1 Å². The predicted molar refractivity (Wildman–Crippen MR) is 99.4 cm³/mol. The van der Waals surface area contributed by atoms with E-state index in [1.54, 1.807) is 13.3 Å². The second-order valence-corrected chi connectivity index (χ2v) is 6.37. The van der Waals surface area contributed by atoms with Crippen molar-refractivity contribution in [3.05, 3.63) is 48.9 Å². The number of methoxy groups -OCH3 is 1. The number of hydrogen-bond donors (Lipinski definition) is 1. The van der Waals surface area contributed by atoms with Gasteiger partial charge in [0.1, 0.15) is 11.3 Å². The van der Waals surface area contributed by atoms with Crippen LogP contribution in [0.5, 0.6) is 5.75 Å². The summed E-state index contributed by atoms with van der Waals surface area (Å²) in [4.78, 5) is 23.2. The summed E-state index contributed by atoms with van der Waals surface area (Å²) in [5, 5.41) is 2.94. The summed E-state index contributed by atoms with van der Waals surface area (Å²) in [6.45, 7) is 1.42. The molecule has 3 heterocycles. The first-order valence-corrected chi connectivity index (χ1v) is 8.72. The standard InChI is InChI=1S/C19H21N5O2/c1-26-16-6-4-14(5-7-16)22-19(25)23-11-8-15(9-12-23)24-13-21-17-3-2-10-20-18(17)24/h2-7,10,13,15H,8-9,11-12H2,1H3,(H,22,25). The first kappa shape index (κ1) is 16.4. The topological polar surface area (TPSA) is 72.3 Å². The monoisotopic (exact) mass is 351 g/mol. The highest BCUT2D eigenvalue weighted by Gasteiger charge is 2.25. The molecular weight excluding hydrogens is 330 g/mol. The molecule has 0 atom stereocenters. The molecule has 2 amide bonds. The molecule has 1 aromatic carbocycles. The number of pyridine rings is 1. The molecule has 0 aliphatic carbocycles. The summed E-state index contributed by atoms with van der Waals surface area (Å²) >= 11 is 0. The Morgan fingerprint density at radius 2 is 1.92 bits per heavy atom. The molecule has 1 N–H and O–H groups in total. The number of nitrogens with zero attached hydrogens (tertiary/aromatic N) is 4. The molecule has 4 rings (SSSR count). The lowest BCUT2D eigenvalue weighted by atomic mass is 10.1. The van der Waals surface area contributed by atoms with Crippen molar-refractivity contribution in [2.75, 3.05) is 25.5 Å². The Balaban J connectivity index is 1.37. The van der Waals surface area contributed by atoms with Gasteiger partial charge in [-0.2, -0.15) is 0 Å². The van der Waals surface area contributed by atoms with Gasteiger partial charge in [0, 0.05) is 31.0 Å². The third kappa shape index (κ3) is 3.20. The molecule has 26 heavy (non-hydrogen) atoms. The van der Waals surface area contributed by atoms with Gasteiger partial charge in [0.25, 0.3) is 0 Å². The van der Waals surface area contributed by atoms with Gasteiger partial charge in [-0.3, -0.25) is 0 Å². The summed E-state index contributed by atoms with van der Waals surface area (Å²) in [6, 6.07) is 11.5. The van der Waals surface area contributed by atoms with Gasteiger partial charge in [-0.05, 0) is 49.2 Å². The normalized spacial score (nSPS) is 15.2. The number of urea groups is 1. The van der Waals surface area contributed by atoms with Crippen LogP contribution in [0.15, 0.2) is 48.9 Å². The van der Waals surface area contributed by atoms with E-state index in [1.165, 1.54) is 0 Å². The molecule has 1 fully saturated rings. The van der Waals surface area contributed by atoms with Crippen LogP contribution in [0.4, 0.5) is 10.5 Å². The first-order valence-electron chi connectivity index (χ1n) is 8.72. The van der Waals surface area contributed by atoms with Crippen molar-refractivity contribution in [1.82, 2.24) is 19.4 Å². The molecule has 0 spiro atoms. The Labute approximate surface area is 151 Å². The third-order valence-electron chi connectivity index (χ3n) is 4.82. The number of carbonyl (C=O) groups is 1. The first-order chi connectivity index (χ1) is 12.7. The second-order valence-electron chi connectivity index (χ2n) is 6.37. The number of fused-ring (bicyclic) bond motifs is 1. The maximum absolute atomic E-state index is 12.5. The molecule has 7 heteroatoms. The van der Waals surface area contributed by atoms with Gasteiger partial charge in [-0.25, -0.2) is 14.8 Å². The number of rotatable bonds is 3. The van der Waals surface area contributed by atoms with Crippen LogP contribution in [-0.2, 0) is 0 Å². The Morgan fingerprint density at radius 1 is 1.15 bits per heavy atom. The number of carbonyl (C=O) groups excluding carboxylic acids is 1. The van der Waals surface area contributed by atoms with E-state index < -0.39 is 0 Å². The summed E-state index contributed by atoms with van der Waals surface area (Å²) in [5.74, 6) is 0.769. The average molecular weight is 351 g/mol. The summed E-state index contributed by atoms with van der Waals surface area (Å²) < 4.78 is 7.27. The molecule has 1 saturated heterocycles. The average Bonchev–Trinajstić information content (AvgIpc) is 3.13. The molecule has 0 bridgehead atoms. The number of likely N-dealkylation sites (tertiary alicyclic amines) is 1. The highest BCUT2D eigenvalue weighted by molar-refractivity contribution is 5.89. The Kier molecular flexibility index (Phi) is 4.43. The lowest BCUT2D eigenvalue weighted by Crippen LogP contribution is -2.41. The van der Waals surface area contributed by atoms with Gasteiger partial charge in [0.2, 0.25) is 0 Å². The minimum absolute atomic E-state index is 0.0674. The van der Waals surface area contributed by atoms with Crippen LogP contribution >= 0.6 is 0 Å². The molecular formula is C19H21N5O2. The molecule has 7 nitrogen and oxygen atoms in total. The molecule has 134 valence electrons. The van der Waals surface area contributed by atoms with Crippen LogP contribution in [0.2, 0.25) is 0 Å². The molecule has 0 radical (unpaired) electrons. The number of hydrogen-bond acceptors (Lipinski definition) is 4. The lowest BCUT2D eigenvalue weighted by Gasteiger charge is -2.32. The zero-order valence-corrected chi connectivity index (χ0v) is 14.6. The summed E-state index contributed by atoms with van der Waals surface area (Å²) in [5.41, 5.74) is 2.59. The van der Waals surface area contributed by atoms with Crippen molar-refractivity contribution in [2.45, 2.75) is 18.9 Å². The predicted octanol–water partition coefficient (Wildman–Crippen LogP) is 3.31. The van der Waals surface area contributed by atoms with Crippen LogP contribution < -0.4 is 10.1 Å². The summed E-state index contributed by atoms with van der Waals surface area (Å²) in [7, 11) is 1.62. The van der Waals surface area contributed by atoms with Gasteiger partial charge in [0.05, 0.1) is 13.4 Å². The number of imidazole rings is 1. The highest BCUT2D eigenvalue weighted by atomic mass is 16.5. The zero-order valence-electron chi connectivity index (χ0n) is 14.6. The van der Waals surface area contributed by atoms with Gasteiger partial charge < -0.3 is 19.5 Å². The van der Waals surface area contributed by atoms with Crippen LogP contribution in [0.1, 0.15) is 18.9 Å². The van der Waals surface area contributed by atoms with E-state index >= 15 is 0 Å². The van der Waals surface area contributed by atoms with Gasteiger partial charge in [-0.1, -0.05) is 0 Å². The molecule has 3 aromatic rings. The quantitative estimate of drug-likeness (QED) is 0.786. The van der Waals surface area contributed by atoms with E-state index in [-0.39, 0.29) is 6.03 Å². The van der Waals surface area contributed by atoms with Crippen LogP contribution in [0.25, 0.3) is 11.2 Å². The fourth-order valence-corrected chi connectivity index (χ4v) is 3.36. The van der Waals surface area contributed by atoms with Gasteiger partial charge in [0.15, 0.2) is 5.65 Å². The van der Waals surface area contributed by atoms with Crippen molar-refractivity contribution >= 4 is 22.9 Å². The maximum atomic E-state index is 12.5. The largest absolute Gasteiger partial charge is 0.497 e. The van der Waals surface area contributed by atoms with Crippen molar-refractivity contribution in [1.29, 1.82) is 0 Å². The van der Waals surface area contributed by atoms with Crippen molar-refractivity contribution in [2.24, 2.45) is 0 Å². The Morgan fingerprint density at radius 3 is 2.65 bits per heavy atom. The highest BCUT2D eigenvalue weighted by Crippen LogP contribution is 2.26.